The zero-order chi connectivity index (χ0) is 18.0. The molecule has 134 valence electrons. The first-order valence-corrected chi connectivity index (χ1v) is 8.21. The van der Waals surface area contributed by atoms with Crippen molar-refractivity contribution in [3.05, 3.63) is 39.7 Å². The molecule has 1 unspecified atom stereocenters. The number of halogens is 1. The van der Waals surface area contributed by atoms with Crippen LogP contribution in [0, 0.1) is 15.9 Å². The van der Waals surface area contributed by atoms with Gasteiger partial charge in [0.25, 0.3) is 11.6 Å². The molecule has 0 bridgehead atoms. The van der Waals surface area contributed by atoms with E-state index < -0.39 is 22.3 Å². The average molecular weight is 350 g/mol. The molecule has 1 N–H and O–H groups in total. The van der Waals surface area contributed by atoms with Gasteiger partial charge in [0.1, 0.15) is 5.82 Å². The fraction of sp³-hybridized carbons (Fsp3) is 0.500. The Kier molecular flexibility index (Phi) is 4.93. The van der Waals surface area contributed by atoms with Crippen LogP contribution >= 0.6 is 0 Å². The Labute approximate surface area is 143 Å². The van der Waals surface area contributed by atoms with Crippen molar-refractivity contribution < 1.29 is 18.9 Å². The number of nitro benzene ring substituents is 1. The van der Waals surface area contributed by atoms with Gasteiger partial charge in [-0.2, -0.15) is 0 Å². The van der Waals surface area contributed by atoms with Gasteiger partial charge in [-0.3, -0.25) is 19.7 Å². The number of piperazine rings is 1. The maximum absolute atomic E-state index is 14.1. The van der Waals surface area contributed by atoms with Crippen molar-refractivity contribution in [1.29, 1.82) is 0 Å². The highest BCUT2D eigenvalue weighted by molar-refractivity contribution is 5.95. The van der Waals surface area contributed by atoms with Crippen LogP contribution in [0.15, 0.2) is 18.2 Å². The molecular weight excluding hydrogens is 331 g/mol. The maximum atomic E-state index is 14.1. The summed E-state index contributed by atoms with van der Waals surface area (Å²) in [5.41, 5.74) is -0.574. The number of nitrogens with zero attached hydrogens (tertiary/aromatic N) is 3. The molecule has 0 radical (unpaired) electrons. The number of carbonyl (C=O) groups excluding carboxylic acids is 2. The molecule has 9 heteroatoms. The number of likely N-dealkylation sites (tertiary alicyclic amines) is 1. The fourth-order valence-corrected chi connectivity index (χ4v) is 3.36. The van der Waals surface area contributed by atoms with Crippen molar-refractivity contribution in [2.75, 3.05) is 32.7 Å². The lowest BCUT2D eigenvalue weighted by Crippen LogP contribution is -2.57. The zero-order valence-corrected chi connectivity index (χ0v) is 13.6. The second-order valence-corrected chi connectivity index (χ2v) is 6.23. The van der Waals surface area contributed by atoms with Gasteiger partial charge in [-0.25, -0.2) is 4.39 Å². The summed E-state index contributed by atoms with van der Waals surface area (Å²) in [6.07, 6.45) is 1.53. The van der Waals surface area contributed by atoms with Crippen molar-refractivity contribution in [2.24, 2.45) is 0 Å². The normalized spacial score (nSPS) is 21.3. The van der Waals surface area contributed by atoms with Crippen molar-refractivity contribution in [3.8, 4) is 0 Å². The number of amides is 2. The minimum absolute atomic E-state index is 0.00654. The van der Waals surface area contributed by atoms with E-state index >= 15 is 0 Å². The molecule has 0 spiro atoms. The van der Waals surface area contributed by atoms with Crippen LogP contribution in [0.5, 0.6) is 0 Å². The first kappa shape index (κ1) is 17.3. The van der Waals surface area contributed by atoms with E-state index in [2.05, 4.69) is 5.32 Å². The van der Waals surface area contributed by atoms with Gasteiger partial charge in [0, 0.05) is 38.3 Å². The van der Waals surface area contributed by atoms with Gasteiger partial charge in [-0.1, -0.05) is 0 Å². The van der Waals surface area contributed by atoms with Crippen LogP contribution in [0.25, 0.3) is 0 Å². The third kappa shape index (κ3) is 3.60. The molecule has 2 heterocycles. The van der Waals surface area contributed by atoms with Gasteiger partial charge in [0.2, 0.25) is 5.91 Å². The van der Waals surface area contributed by atoms with E-state index in [-0.39, 0.29) is 17.5 Å². The summed E-state index contributed by atoms with van der Waals surface area (Å²) in [5, 5.41) is 13.7. The first-order chi connectivity index (χ1) is 12.0. The predicted molar refractivity (Wildman–Crippen MR) is 86.6 cm³/mol. The van der Waals surface area contributed by atoms with Crippen LogP contribution in [0.1, 0.15) is 23.2 Å². The van der Waals surface area contributed by atoms with E-state index in [1.165, 1.54) is 4.90 Å². The Morgan fingerprint density at radius 2 is 2.16 bits per heavy atom. The minimum Gasteiger partial charge on any atom is -0.336 e. The largest absolute Gasteiger partial charge is 0.336 e. The molecule has 1 aromatic carbocycles. The first-order valence-electron chi connectivity index (χ1n) is 8.21. The van der Waals surface area contributed by atoms with E-state index in [1.54, 1.807) is 4.90 Å². The molecule has 0 saturated carbocycles. The van der Waals surface area contributed by atoms with Gasteiger partial charge in [-0.05, 0) is 18.9 Å². The third-order valence-electron chi connectivity index (χ3n) is 4.64. The van der Waals surface area contributed by atoms with Gasteiger partial charge in [0.05, 0.1) is 23.1 Å². The minimum atomic E-state index is -0.903. The standard InChI is InChI=1S/C16H19FN4O4/c17-14-8-11(21(24)25)3-4-13(14)16(23)19-6-1-2-12(10-19)20-7-5-18-9-15(20)22/h3-4,8,12,18H,1-2,5-7,9-10H2. The summed E-state index contributed by atoms with van der Waals surface area (Å²) in [7, 11) is 0. The van der Waals surface area contributed by atoms with Crippen LogP contribution in [-0.4, -0.2) is 65.3 Å². The van der Waals surface area contributed by atoms with Gasteiger partial charge < -0.3 is 15.1 Å². The summed E-state index contributed by atoms with van der Waals surface area (Å²) in [6.45, 7) is 2.43. The number of non-ortho nitro benzene ring substituents is 1. The summed E-state index contributed by atoms with van der Waals surface area (Å²) in [6, 6.07) is 2.95. The number of nitrogens with one attached hydrogen (secondary N) is 1. The van der Waals surface area contributed by atoms with E-state index in [9.17, 15) is 24.1 Å². The molecule has 2 aliphatic heterocycles. The number of piperidine rings is 1. The highest BCUT2D eigenvalue weighted by Crippen LogP contribution is 2.22. The molecule has 1 aromatic rings. The summed E-state index contributed by atoms with van der Waals surface area (Å²) >= 11 is 0. The summed E-state index contributed by atoms with van der Waals surface area (Å²) in [5.74, 6) is -1.40. The Morgan fingerprint density at radius 3 is 2.84 bits per heavy atom. The van der Waals surface area contributed by atoms with E-state index in [1.807, 2.05) is 0 Å². The van der Waals surface area contributed by atoms with E-state index in [0.717, 1.165) is 31.0 Å². The van der Waals surface area contributed by atoms with Gasteiger partial charge in [0.15, 0.2) is 0 Å². The quantitative estimate of drug-likeness (QED) is 0.642. The van der Waals surface area contributed by atoms with E-state index in [4.69, 9.17) is 0 Å². The number of hydrogen-bond acceptors (Lipinski definition) is 5. The third-order valence-corrected chi connectivity index (χ3v) is 4.64. The zero-order valence-electron chi connectivity index (χ0n) is 13.6. The van der Waals surface area contributed by atoms with Crippen LogP contribution in [-0.2, 0) is 4.79 Å². The second-order valence-electron chi connectivity index (χ2n) is 6.23. The summed E-state index contributed by atoms with van der Waals surface area (Å²) in [4.78, 5) is 37.9. The maximum Gasteiger partial charge on any atom is 0.272 e. The van der Waals surface area contributed by atoms with Crippen molar-refractivity contribution >= 4 is 17.5 Å². The lowest BCUT2D eigenvalue weighted by molar-refractivity contribution is -0.385. The highest BCUT2D eigenvalue weighted by atomic mass is 19.1. The lowest BCUT2D eigenvalue weighted by Gasteiger charge is -2.41. The average Bonchev–Trinajstić information content (AvgIpc) is 2.61. The van der Waals surface area contributed by atoms with Crippen molar-refractivity contribution in [3.63, 3.8) is 0 Å². The van der Waals surface area contributed by atoms with Crippen LogP contribution in [0.3, 0.4) is 0 Å². The van der Waals surface area contributed by atoms with Crippen molar-refractivity contribution in [1.82, 2.24) is 15.1 Å². The van der Waals surface area contributed by atoms with Crippen LogP contribution < -0.4 is 5.32 Å². The number of nitro groups is 1. The molecule has 2 fully saturated rings. The fourth-order valence-electron chi connectivity index (χ4n) is 3.36. The van der Waals surface area contributed by atoms with Gasteiger partial charge >= 0.3 is 0 Å². The molecule has 25 heavy (non-hydrogen) atoms. The monoisotopic (exact) mass is 350 g/mol. The molecule has 8 nitrogen and oxygen atoms in total. The van der Waals surface area contributed by atoms with Gasteiger partial charge in [-0.15, -0.1) is 0 Å². The second kappa shape index (κ2) is 7.14. The van der Waals surface area contributed by atoms with Crippen molar-refractivity contribution in [2.45, 2.75) is 18.9 Å². The Bertz CT molecular complexity index is 711. The molecule has 0 aromatic heterocycles. The van der Waals surface area contributed by atoms with Crippen LogP contribution in [0.2, 0.25) is 0 Å². The number of carbonyl (C=O) groups is 2. The van der Waals surface area contributed by atoms with Crippen LogP contribution in [0.4, 0.5) is 10.1 Å². The SMILES string of the molecule is O=C(c1ccc([N+](=O)[O-])cc1F)N1CCCC(N2CCNCC2=O)C1. The predicted octanol–water partition coefficient (Wildman–Crippen LogP) is 0.770. The molecule has 2 aliphatic rings. The number of benzene rings is 1. The smallest absolute Gasteiger partial charge is 0.272 e. The van der Waals surface area contributed by atoms with E-state index in [0.29, 0.717) is 32.7 Å². The Morgan fingerprint density at radius 1 is 1.36 bits per heavy atom. The Balaban J connectivity index is 1.73. The number of rotatable bonds is 3. The lowest BCUT2D eigenvalue weighted by atomic mass is 10.0. The molecule has 0 aliphatic carbocycles. The molecule has 2 amide bonds. The Hall–Kier alpha value is -2.55. The molecule has 3 rings (SSSR count). The number of hydrogen-bond donors (Lipinski definition) is 1. The summed E-state index contributed by atoms with van der Waals surface area (Å²) < 4.78 is 14.1. The highest BCUT2D eigenvalue weighted by Gasteiger charge is 2.32. The topological polar surface area (TPSA) is 95.8 Å². The molecular formula is C16H19FN4O4. The molecule has 1 atom stereocenters. The molecule has 2 saturated heterocycles.